The van der Waals surface area contributed by atoms with Crippen LogP contribution in [0, 0.1) is 5.92 Å². The summed E-state index contributed by atoms with van der Waals surface area (Å²) in [5.74, 6) is 0.437. The maximum absolute atomic E-state index is 11.9. The zero-order chi connectivity index (χ0) is 15.1. The van der Waals surface area contributed by atoms with Gasteiger partial charge in [0.1, 0.15) is 6.61 Å². The molecule has 2 N–H and O–H groups in total. The molecule has 0 aromatic heterocycles. The normalized spacial score (nSPS) is 22.0. The molecule has 2 unspecified atom stereocenters. The topological polar surface area (TPSA) is 58.6 Å². The van der Waals surface area contributed by atoms with Crippen molar-refractivity contribution in [2.45, 2.75) is 45.1 Å². The number of benzene rings is 1. The first-order chi connectivity index (χ1) is 10.2. The SMILES string of the molecule is CC1CCCCC1OCC(=O)Nc1ccc(CCO)cc1. The van der Waals surface area contributed by atoms with Gasteiger partial charge in [-0.3, -0.25) is 4.79 Å². The van der Waals surface area contributed by atoms with Crippen molar-refractivity contribution < 1.29 is 14.6 Å². The van der Waals surface area contributed by atoms with Crippen LogP contribution in [0.15, 0.2) is 24.3 Å². The third-order valence-electron chi connectivity index (χ3n) is 4.10. The van der Waals surface area contributed by atoms with Gasteiger partial charge in [-0.2, -0.15) is 0 Å². The first-order valence-corrected chi connectivity index (χ1v) is 7.80. The van der Waals surface area contributed by atoms with Gasteiger partial charge >= 0.3 is 0 Å². The molecule has 1 aromatic rings. The molecule has 1 aliphatic rings. The fourth-order valence-corrected chi connectivity index (χ4v) is 2.79. The highest BCUT2D eigenvalue weighted by Crippen LogP contribution is 2.26. The van der Waals surface area contributed by atoms with Crippen LogP contribution in [-0.2, 0) is 16.0 Å². The number of ether oxygens (including phenoxy) is 1. The Morgan fingerprint density at radius 2 is 2.00 bits per heavy atom. The Balaban J connectivity index is 1.76. The lowest BCUT2D eigenvalue weighted by molar-refractivity contribution is -0.124. The van der Waals surface area contributed by atoms with Crippen LogP contribution in [0.25, 0.3) is 0 Å². The first kappa shape index (κ1) is 16.0. The fourth-order valence-electron chi connectivity index (χ4n) is 2.79. The number of aliphatic hydroxyl groups is 1. The number of amides is 1. The van der Waals surface area contributed by atoms with Crippen LogP contribution < -0.4 is 5.32 Å². The van der Waals surface area contributed by atoms with Gasteiger partial charge in [0.05, 0.1) is 6.10 Å². The Hall–Kier alpha value is -1.39. The zero-order valence-electron chi connectivity index (χ0n) is 12.7. The van der Waals surface area contributed by atoms with Crippen LogP contribution in [-0.4, -0.2) is 30.3 Å². The fraction of sp³-hybridized carbons (Fsp3) is 0.588. The molecular weight excluding hydrogens is 266 g/mol. The second-order valence-corrected chi connectivity index (χ2v) is 5.83. The number of carbonyl (C=O) groups is 1. The molecule has 2 atom stereocenters. The average molecular weight is 291 g/mol. The summed E-state index contributed by atoms with van der Waals surface area (Å²) in [7, 11) is 0. The van der Waals surface area contributed by atoms with Crippen molar-refractivity contribution >= 4 is 11.6 Å². The van der Waals surface area contributed by atoms with Crippen molar-refractivity contribution in [3.05, 3.63) is 29.8 Å². The third-order valence-corrected chi connectivity index (χ3v) is 4.10. The molecule has 1 aromatic carbocycles. The van der Waals surface area contributed by atoms with E-state index in [-0.39, 0.29) is 25.2 Å². The molecule has 0 saturated heterocycles. The number of anilines is 1. The Bertz CT molecular complexity index is 444. The van der Waals surface area contributed by atoms with E-state index in [2.05, 4.69) is 12.2 Å². The molecule has 1 amide bonds. The number of hydrogen-bond acceptors (Lipinski definition) is 3. The minimum Gasteiger partial charge on any atom is -0.396 e. The minimum atomic E-state index is -0.109. The standard InChI is InChI=1S/C17H25NO3/c1-13-4-2-3-5-16(13)21-12-17(20)18-15-8-6-14(7-9-15)10-11-19/h6-9,13,16,19H,2-5,10-12H2,1H3,(H,18,20). The van der Waals surface area contributed by atoms with Crippen LogP contribution in [0.2, 0.25) is 0 Å². The second kappa shape index (κ2) is 8.15. The maximum Gasteiger partial charge on any atom is 0.250 e. The lowest BCUT2D eigenvalue weighted by atomic mass is 9.88. The molecule has 0 bridgehead atoms. The highest BCUT2D eigenvalue weighted by atomic mass is 16.5. The van der Waals surface area contributed by atoms with Crippen molar-refractivity contribution in [3.8, 4) is 0 Å². The van der Waals surface area contributed by atoms with Gasteiger partial charge < -0.3 is 15.2 Å². The van der Waals surface area contributed by atoms with Crippen molar-refractivity contribution in [3.63, 3.8) is 0 Å². The van der Waals surface area contributed by atoms with Crippen LogP contribution in [0.4, 0.5) is 5.69 Å². The van der Waals surface area contributed by atoms with Gasteiger partial charge in [0.2, 0.25) is 5.91 Å². The largest absolute Gasteiger partial charge is 0.396 e. The van der Waals surface area contributed by atoms with E-state index in [1.165, 1.54) is 19.3 Å². The molecule has 0 spiro atoms. The maximum atomic E-state index is 11.9. The van der Waals surface area contributed by atoms with Gasteiger partial charge in [-0.1, -0.05) is 31.9 Å². The number of nitrogens with one attached hydrogen (secondary N) is 1. The molecule has 116 valence electrons. The summed E-state index contributed by atoms with van der Waals surface area (Å²) >= 11 is 0. The summed E-state index contributed by atoms with van der Waals surface area (Å²) in [5, 5.41) is 11.7. The van der Waals surface area contributed by atoms with Crippen molar-refractivity contribution in [2.75, 3.05) is 18.5 Å². The predicted octanol–water partition coefficient (Wildman–Crippen LogP) is 2.76. The summed E-state index contributed by atoms with van der Waals surface area (Å²) in [5.41, 5.74) is 1.82. The summed E-state index contributed by atoms with van der Waals surface area (Å²) in [6.07, 6.45) is 5.58. The smallest absolute Gasteiger partial charge is 0.250 e. The summed E-state index contributed by atoms with van der Waals surface area (Å²) < 4.78 is 5.75. The van der Waals surface area contributed by atoms with E-state index in [9.17, 15) is 4.79 Å². The lowest BCUT2D eigenvalue weighted by Gasteiger charge is -2.28. The van der Waals surface area contributed by atoms with Crippen LogP contribution in [0.3, 0.4) is 0 Å². The molecule has 1 aliphatic carbocycles. The van der Waals surface area contributed by atoms with E-state index >= 15 is 0 Å². The van der Waals surface area contributed by atoms with Crippen LogP contribution >= 0.6 is 0 Å². The number of carbonyl (C=O) groups excluding carboxylic acids is 1. The predicted molar refractivity (Wildman–Crippen MR) is 83.2 cm³/mol. The molecule has 21 heavy (non-hydrogen) atoms. The van der Waals surface area contributed by atoms with Gasteiger partial charge in [0.25, 0.3) is 0 Å². The number of hydrogen-bond donors (Lipinski definition) is 2. The molecule has 0 heterocycles. The molecule has 4 nitrogen and oxygen atoms in total. The van der Waals surface area contributed by atoms with E-state index in [1.54, 1.807) is 0 Å². The molecule has 1 fully saturated rings. The Morgan fingerprint density at radius 3 is 2.67 bits per heavy atom. The Kier molecular flexibility index (Phi) is 6.21. The molecule has 2 rings (SSSR count). The second-order valence-electron chi connectivity index (χ2n) is 5.83. The molecule has 0 aliphatic heterocycles. The van der Waals surface area contributed by atoms with Gasteiger partial charge in [0.15, 0.2) is 0 Å². The van der Waals surface area contributed by atoms with Gasteiger partial charge in [-0.15, -0.1) is 0 Å². The van der Waals surface area contributed by atoms with E-state index in [1.807, 2.05) is 24.3 Å². The Labute approximate surface area is 126 Å². The zero-order valence-corrected chi connectivity index (χ0v) is 12.7. The third kappa shape index (κ3) is 5.14. The molecule has 4 heteroatoms. The van der Waals surface area contributed by atoms with Crippen molar-refractivity contribution in [1.82, 2.24) is 0 Å². The van der Waals surface area contributed by atoms with E-state index in [0.29, 0.717) is 12.3 Å². The molecule has 0 radical (unpaired) electrons. The molecular formula is C17H25NO3. The monoisotopic (exact) mass is 291 g/mol. The van der Waals surface area contributed by atoms with E-state index in [4.69, 9.17) is 9.84 Å². The lowest BCUT2D eigenvalue weighted by Crippen LogP contribution is -2.29. The highest BCUT2D eigenvalue weighted by Gasteiger charge is 2.22. The average Bonchev–Trinajstić information content (AvgIpc) is 2.49. The van der Waals surface area contributed by atoms with E-state index in [0.717, 1.165) is 17.7 Å². The van der Waals surface area contributed by atoms with E-state index < -0.39 is 0 Å². The van der Waals surface area contributed by atoms with Crippen molar-refractivity contribution in [2.24, 2.45) is 5.92 Å². The first-order valence-electron chi connectivity index (χ1n) is 7.80. The van der Waals surface area contributed by atoms with Crippen molar-refractivity contribution in [1.29, 1.82) is 0 Å². The number of aliphatic hydroxyl groups excluding tert-OH is 1. The Morgan fingerprint density at radius 1 is 1.29 bits per heavy atom. The number of rotatable bonds is 6. The summed E-state index contributed by atoms with van der Waals surface area (Å²) in [6.45, 7) is 2.45. The van der Waals surface area contributed by atoms with Crippen LogP contribution in [0.5, 0.6) is 0 Å². The van der Waals surface area contributed by atoms with Gasteiger partial charge in [-0.25, -0.2) is 0 Å². The van der Waals surface area contributed by atoms with Gasteiger partial charge in [-0.05, 0) is 42.9 Å². The van der Waals surface area contributed by atoms with Gasteiger partial charge in [0, 0.05) is 12.3 Å². The quantitative estimate of drug-likeness (QED) is 0.847. The molecule has 1 saturated carbocycles. The summed E-state index contributed by atoms with van der Waals surface area (Å²) in [6, 6.07) is 7.53. The highest BCUT2D eigenvalue weighted by molar-refractivity contribution is 5.91. The summed E-state index contributed by atoms with van der Waals surface area (Å²) in [4.78, 5) is 11.9. The van der Waals surface area contributed by atoms with Crippen LogP contribution in [0.1, 0.15) is 38.2 Å². The minimum absolute atomic E-state index is 0.109.